The van der Waals surface area contributed by atoms with Gasteiger partial charge in [-0.05, 0) is 12.1 Å². The van der Waals surface area contributed by atoms with E-state index in [4.69, 9.17) is 4.74 Å². The third kappa shape index (κ3) is 2.18. The van der Waals surface area contributed by atoms with Gasteiger partial charge in [0.25, 0.3) is 0 Å². The van der Waals surface area contributed by atoms with Crippen LogP contribution < -0.4 is 4.90 Å². The van der Waals surface area contributed by atoms with Gasteiger partial charge >= 0.3 is 0 Å². The van der Waals surface area contributed by atoms with Crippen LogP contribution in [0.2, 0.25) is 0 Å². The molecule has 1 saturated heterocycles. The molecular weight excluding hydrogens is 240 g/mol. The van der Waals surface area contributed by atoms with Crippen LogP contribution in [0, 0.1) is 11.3 Å². The Morgan fingerprint density at radius 3 is 2.68 bits per heavy atom. The fraction of sp³-hybridized carbons (Fsp3) is 0.286. The molecule has 1 fully saturated rings. The van der Waals surface area contributed by atoms with E-state index in [0.717, 1.165) is 24.5 Å². The first-order valence-electron chi connectivity index (χ1n) is 6.24. The maximum atomic E-state index is 9.49. The van der Waals surface area contributed by atoms with E-state index in [1.54, 1.807) is 12.5 Å². The van der Waals surface area contributed by atoms with Gasteiger partial charge in [0.2, 0.25) is 0 Å². The van der Waals surface area contributed by atoms with E-state index in [2.05, 4.69) is 16.0 Å². The molecule has 0 atom stereocenters. The summed E-state index contributed by atoms with van der Waals surface area (Å²) in [6.07, 6.45) is 5.26. The number of nitriles is 1. The van der Waals surface area contributed by atoms with Gasteiger partial charge in [0, 0.05) is 25.5 Å². The average molecular weight is 254 g/mol. The Labute approximate surface area is 111 Å². The standard InChI is InChI=1S/C14H14N4O/c15-10-12-13(17-6-8-19-9-7-17)2-1-3-14(12)18-5-4-16-11-18/h1-5,11H,6-9H2. The first kappa shape index (κ1) is 11.8. The third-order valence-electron chi connectivity index (χ3n) is 3.27. The highest BCUT2D eigenvalue weighted by atomic mass is 16.5. The van der Waals surface area contributed by atoms with Crippen LogP contribution >= 0.6 is 0 Å². The maximum absolute atomic E-state index is 9.49. The van der Waals surface area contributed by atoms with Crippen molar-refractivity contribution in [2.75, 3.05) is 31.2 Å². The molecule has 0 amide bonds. The van der Waals surface area contributed by atoms with Crippen molar-refractivity contribution in [3.05, 3.63) is 42.5 Å². The molecule has 5 nitrogen and oxygen atoms in total. The Morgan fingerprint density at radius 1 is 1.21 bits per heavy atom. The SMILES string of the molecule is N#Cc1c(N2CCOCC2)cccc1-n1ccnc1. The maximum Gasteiger partial charge on any atom is 0.104 e. The van der Waals surface area contributed by atoms with Gasteiger partial charge in [-0.15, -0.1) is 0 Å². The molecule has 1 aromatic heterocycles. The Morgan fingerprint density at radius 2 is 2.00 bits per heavy atom. The molecule has 1 aliphatic heterocycles. The van der Waals surface area contributed by atoms with E-state index in [1.807, 2.05) is 29.0 Å². The number of hydrogen-bond acceptors (Lipinski definition) is 4. The van der Waals surface area contributed by atoms with E-state index in [9.17, 15) is 5.26 Å². The third-order valence-corrected chi connectivity index (χ3v) is 3.27. The van der Waals surface area contributed by atoms with Gasteiger partial charge in [-0.25, -0.2) is 4.98 Å². The minimum absolute atomic E-state index is 0.683. The first-order chi connectivity index (χ1) is 9.40. The average Bonchev–Trinajstić information content (AvgIpc) is 3.01. The van der Waals surface area contributed by atoms with Crippen LogP contribution in [0.3, 0.4) is 0 Å². The molecular formula is C14H14N4O. The predicted molar refractivity (Wildman–Crippen MR) is 71.3 cm³/mol. The molecule has 0 spiro atoms. The van der Waals surface area contributed by atoms with Crippen molar-refractivity contribution in [1.82, 2.24) is 9.55 Å². The van der Waals surface area contributed by atoms with Crippen LogP contribution in [-0.2, 0) is 4.74 Å². The summed E-state index contributed by atoms with van der Waals surface area (Å²) >= 11 is 0. The molecule has 3 rings (SSSR count). The van der Waals surface area contributed by atoms with Gasteiger partial charge in [-0.3, -0.25) is 0 Å². The van der Waals surface area contributed by atoms with Crippen LogP contribution in [0.25, 0.3) is 5.69 Å². The Bertz CT molecular complexity index is 594. The lowest BCUT2D eigenvalue weighted by Crippen LogP contribution is -2.36. The number of anilines is 1. The quantitative estimate of drug-likeness (QED) is 0.816. The normalized spacial score (nSPS) is 15.2. The highest BCUT2D eigenvalue weighted by Gasteiger charge is 2.17. The van der Waals surface area contributed by atoms with Crippen LogP contribution in [0.5, 0.6) is 0 Å². The Hall–Kier alpha value is -2.32. The second kappa shape index (κ2) is 5.12. The number of aromatic nitrogens is 2. The summed E-state index contributed by atoms with van der Waals surface area (Å²) in [7, 11) is 0. The lowest BCUT2D eigenvalue weighted by atomic mass is 10.1. The van der Waals surface area contributed by atoms with Crippen LogP contribution in [0.4, 0.5) is 5.69 Å². The first-order valence-corrected chi connectivity index (χ1v) is 6.24. The fourth-order valence-corrected chi connectivity index (χ4v) is 2.33. The molecule has 0 bridgehead atoms. The molecule has 96 valence electrons. The van der Waals surface area contributed by atoms with Gasteiger partial charge in [0.1, 0.15) is 6.07 Å². The van der Waals surface area contributed by atoms with Gasteiger partial charge in [-0.2, -0.15) is 5.26 Å². The number of ether oxygens (including phenoxy) is 1. The molecule has 0 radical (unpaired) electrons. The fourth-order valence-electron chi connectivity index (χ4n) is 2.33. The number of hydrogen-bond donors (Lipinski definition) is 0. The van der Waals surface area contributed by atoms with E-state index >= 15 is 0 Å². The largest absolute Gasteiger partial charge is 0.378 e. The van der Waals surface area contributed by atoms with Crippen molar-refractivity contribution < 1.29 is 4.74 Å². The summed E-state index contributed by atoms with van der Waals surface area (Å²) in [5.41, 5.74) is 2.52. The minimum atomic E-state index is 0.683. The summed E-state index contributed by atoms with van der Waals surface area (Å²) in [4.78, 5) is 6.23. The van der Waals surface area contributed by atoms with E-state index in [0.29, 0.717) is 18.8 Å². The van der Waals surface area contributed by atoms with Gasteiger partial charge in [0.15, 0.2) is 0 Å². The highest BCUT2D eigenvalue weighted by molar-refractivity contribution is 5.67. The number of nitrogens with zero attached hydrogens (tertiary/aromatic N) is 4. The van der Waals surface area contributed by atoms with Gasteiger partial charge in [0.05, 0.1) is 36.5 Å². The summed E-state index contributed by atoms with van der Waals surface area (Å²) in [6, 6.07) is 8.22. The summed E-state index contributed by atoms with van der Waals surface area (Å²) in [5, 5.41) is 9.49. The van der Waals surface area contributed by atoms with Crippen molar-refractivity contribution >= 4 is 5.69 Å². The van der Waals surface area contributed by atoms with E-state index < -0.39 is 0 Å². The number of benzene rings is 1. The number of rotatable bonds is 2. The second-order valence-corrected chi connectivity index (χ2v) is 4.35. The van der Waals surface area contributed by atoms with Crippen LogP contribution in [0.15, 0.2) is 36.9 Å². The van der Waals surface area contributed by atoms with Crippen LogP contribution in [-0.4, -0.2) is 35.9 Å². The molecule has 5 heteroatoms. The molecule has 0 unspecified atom stereocenters. The van der Waals surface area contributed by atoms with Crippen LogP contribution in [0.1, 0.15) is 5.56 Å². The molecule has 2 heterocycles. The number of imidazole rings is 1. The van der Waals surface area contributed by atoms with E-state index in [-0.39, 0.29) is 0 Å². The zero-order valence-corrected chi connectivity index (χ0v) is 10.5. The Balaban J connectivity index is 2.06. The summed E-state index contributed by atoms with van der Waals surface area (Å²) in [6.45, 7) is 3.06. The lowest BCUT2D eigenvalue weighted by molar-refractivity contribution is 0.122. The highest BCUT2D eigenvalue weighted by Crippen LogP contribution is 2.26. The minimum Gasteiger partial charge on any atom is -0.378 e. The zero-order valence-electron chi connectivity index (χ0n) is 10.5. The summed E-state index contributed by atoms with van der Waals surface area (Å²) < 4.78 is 7.22. The van der Waals surface area contributed by atoms with Crippen molar-refractivity contribution in [1.29, 1.82) is 5.26 Å². The smallest absolute Gasteiger partial charge is 0.104 e. The second-order valence-electron chi connectivity index (χ2n) is 4.35. The van der Waals surface area contributed by atoms with Gasteiger partial charge in [-0.1, -0.05) is 6.07 Å². The van der Waals surface area contributed by atoms with E-state index in [1.165, 1.54) is 0 Å². The molecule has 0 N–H and O–H groups in total. The number of morpholine rings is 1. The molecule has 0 aliphatic carbocycles. The summed E-state index contributed by atoms with van der Waals surface area (Å²) in [5.74, 6) is 0. The van der Waals surface area contributed by atoms with Crippen molar-refractivity contribution in [3.63, 3.8) is 0 Å². The molecule has 0 saturated carbocycles. The van der Waals surface area contributed by atoms with Crippen molar-refractivity contribution in [2.24, 2.45) is 0 Å². The molecule has 1 aromatic carbocycles. The molecule has 19 heavy (non-hydrogen) atoms. The zero-order chi connectivity index (χ0) is 13.1. The van der Waals surface area contributed by atoms with Crippen molar-refractivity contribution in [3.8, 4) is 11.8 Å². The lowest BCUT2D eigenvalue weighted by Gasteiger charge is -2.30. The predicted octanol–water partition coefficient (Wildman–Crippen LogP) is 1.58. The molecule has 1 aliphatic rings. The van der Waals surface area contributed by atoms with Crippen molar-refractivity contribution in [2.45, 2.75) is 0 Å². The monoisotopic (exact) mass is 254 g/mol. The van der Waals surface area contributed by atoms with Gasteiger partial charge < -0.3 is 14.2 Å². The molecule has 2 aromatic rings. The topological polar surface area (TPSA) is 54.1 Å². The Kier molecular flexibility index (Phi) is 3.17.